The first-order chi connectivity index (χ1) is 8.06. The molecule has 0 unspecified atom stereocenters. The molecule has 0 saturated heterocycles. The molecule has 1 aromatic carbocycles. The molecule has 2 rings (SSSR count). The summed E-state index contributed by atoms with van der Waals surface area (Å²) >= 11 is 11.0. The van der Waals surface area contributed by atoms with Crippen LogP contribution in [0.25, 0.3) is 0 Å². The highest BCUT2D eigenvalue weighted by Crippen LogP contribution is 2.24. The fourth-order valence-corrected chi connectivity index (χ4v) is 2.02. The zero-order chi connectivity index (χ0) is 12.4. The molecule has 0 atom stereocenters. The molecule has 0 N–H and O–H groups in total. The van der Waals surface area contributed by atoms with E-state index in [-0.39, 0.29) is 5.02 Å². The lowest BCUT2D eigenvalue weighted by Gasteiger charge is -1.95. The Morgan fingerprint density at radius 3 is 2.76 bits per heavy atom. The third-order valence-corrected chi connectivity index (χ3v) is 4.33. The van der Waals surface area contributed by atoms with Gasteiger partial charge in [0.2, 0.25) is 0 Å². The van der Waals surface area contributed by atoms with Crippen molar-refractivity contribution in [1.29, 1.82) is 0 Å². The first kappa shape index (κ1) is 13.0. The standard InChI is InChI=1S/C11H5BrClFINO/c12-8-4-7(17-11(8)15)5-16-6-1-2-10(14)9(13)3-6/h1-5H. The van der Waals surface area contributed by atoms with E-state index in [1.54, 1.807) is 18.3 Å². The lowest BCUT2D eigenvalue weighted by Crippen LogP contribution is -1.77. The Bertz CT molecular complexity index is 565. The number of nitrogens with zero attached hydrogens (tertiary/aromatic N) is 1. The largest absolute Gasteiger partial charge is 0.448 e. The monoisotopic (exact) mass is 427 g/mol. The van der Waals surface area contributed by atoms with Crippen LogP contribution in [0.3, 0.4) is 0 Å². The van der Waals surface area contributed by atoms with Crippen LogP contribution >= 0.6 is 50.1 Å². The van der Waals surface area contributed by atoms with Crippen molar-refractivity contribution in [3.05, 3.63) is 49.1 Å². The third kappa shape index (κ3) is 3.29. The first-order valence-electron chi connectivity index (χ1n) is 4.50. The van der Waals surface area contributed by atoms with Crippen LogP contribution in [0, 0.1) is 9.58 Å². The molecule has 6 heteroatoms. The number of benzene rings is 1. The Balaban J connectivity index is 2.22. The average Bonchev–Trinajstić information content (AvgIpc) is 2.60. The first-order valence-corrected chi connectivity index (χ1v) is 6.75. The van der Waals surface area contributed by atoms with Crippen molar-refractivity contribution in [2.75, 3.05) is 0 Å². The number of halogens is 4. The van der Waals surface area contributed by atoms with Gasteiger partial charge in [-0.2, -0.15) is 0 Å². The Kier molecular flexibility index (Phi) is 4.22. The molecule has 1 heterocycles. The molecule has 0 aliphatic rings. The SMILES string of the molecule is Fc1ccc(N=Cc2cc(Br)c(I)o2)cc1Cl. The molecule has 88 valence electrons. The number of aliphatic imine (C=N–C) groups is 1. The van der Waals surface area contributed by atoms with Crippen LogP contribution in [0.2, 0.25) is 5.02 Å². The highest BCUT2D eigenvalue weighted by Gasteiger charge is 2.04. The van der Waals surface area contributed by atoms with Crippen LogP contribution in [-0.4, -0.2) is 6.21 Å². The van der Waals surface area contributed by atoms with Gasteiger partial charge in [0.25, 0.3) is 0 Å². The molecule has 0 saturated carbocycles. The van der Waals surface area contributed by atoms with Crippen molar-refractivity contribution in [3.8, 4) is 0 Å². The van der Waals surface area contributed by atoms with E-state index >= 15 is 0 Å². The van der Waals surface area contributed by atoms with E-state index in [1.165, 1.54) is 12.1 Å². The molecule has 2 aromatic rings. The molecule has 0 radical (unpaired) electrons. The molecular weight excluding hydrogens is 423 g/mol. The minimum absolute atomic E-state index is 0.0508. The van der Waals surface area contributed by atoms with Crippen LogP contribution in [0.1, 0.15) is 5.76 Å². The second kappa shape index (κ2) is 5.49. The molecular formula is C11H5BrClFINO. The second-order valence-electron chi connectivity index (χ2n) is 3.13. The highest BCUT2D eigenvalue weighted by molar-refractivity contribution is 14.1. The average molecular weight is 428 g/mol. The van der Waals surface area contributed by atoms with Gasteiger partial charge in [0, 0.05) is 28.7 Å². The van der Waals surface area contributed by atoms with Crippen LogP contribution in [0.5, 0.6) is 0 Å². The second-order valence-corrected chi connectivity index (χ2v) is 5.37. The van der Waals surface area contributed by atoms with Crippen LogP contribution < -0.4 is 0 Å². The van der Waals surface area contributed by atoms with Crippen LogP contribution in [0.15, 0.2) is 38.1 Å². The van der Waals surface area contributed by atoms with Crippen molar-refractivity contribution >= 4 is 62.0 Å². The summed E-state index contributed by atoms with van der Waals surface area (Å²) in [6.45, 7) is 0. The fraction of sp³-hybridized carbons (Fsp3) is 0. The molecule has 1 aromatic heterocycles. The zero-order valence-electron chi connectivity index (χ0n) is 8.25. The van der Waals surface area contributed by atoms with E-state index in [1.807, 2.05) is 0 Å². The quantitative estimate of drug-likeness (QED) is 0.478. The summed E-state index contributed by atoms with van der Waals surface area (Å²) < 4.78 is 19.9. The summed E-state index contributed by atoms with van der Waals surface area (Å²) in [4.78, 5) is 4.14. The van der Waals surface area contributed by atoms with Gasteiger partial charge in [0.1, 0.15) is 11.6 Å². The third-order valence-electron chi connectivity index (χ3n) is 1.91. The van der Waals surface area contributed by atoms with E-state index in [4.69, 9.17) is 16.0 Å². The Hall–Kier alpha value is -0.400. The molecule has 0 amide bonds. The minimum Gasteiger partial charge on any atom is -0.448 e. The van der Waals surface area contributed by atoms with Crippen molar-refractivity contribution in [2.45, 2.75) is 0 Å². The van der Waals surface area contributed by atoms with E-state index in [9.17, 15) is 4.39 Å². The fourth-order valence-electron chi connectivity index (χ4n) is 1.13. The van der Waals surface area contributed by atoms with E-state index < -0.39 is 5.82 Å². The van der Waals surface area contributed by atoms with Crippen molar-refractivity contribution < 1.29 is 8.81 Å². The highest BCUT2D eigenvalue weighted by atomic mass is 127. The maximum Gasteiger partial charge on any atom is 0.178 e. The molecule has 0 aliphatic heterocycles. The lowest BCUT2D eigenvalue weighted by molar-refractivity contribution is 0.530. The predicted molar refractivity (Wildman–Crippen MR) is 77.8 cm³/mol. The number of furan rings is 1. The summed E-state index contributed by atoms with van der Waals surface area (Å²) in [6.07, 6.45) is 1.55. The van der Waals surface area contributed by atoms with Crippen LogP contribution in [0.4, 0.5) is 10.1 Å². The summed E-state index contributed by atoms with van der Waals surface area (Å²) in [5, 5.41) is 0.0508. The smallest absolute Gasteiger partial charge is 0.178 e. The number of rotatable bonds is 2. The van der Waals surface area contributed by atoms with E-state index in [0.29, 0.717) is 11.4 Å². The Morgan fingerprint density at radius 2 is 2.18 bits per heavy atom. The Labute approximate surface area is 124 Å². The summed E-state index contributed by atoms with van der Waals surface area (Å²) in [5.74, 6) is 0.155. The van der Waals surface area contributed by atoms with Gasteiger partial charge in [-0.25, -0.2) is 4.39 Å². The van der Waals surface area contributed by atoms with Gasteiger partial charge in [-0.3, -0.25) is 4.99 Å². The maximum atomic E-state index is 12.9. The zero-order valence-corrected chi connectivity index (χ0v) is 12.8. The normalized spacial score (nSPS) is 11.3. The maximum absolute atomic E-state index is 12.9. The van der Waals surface area contributed by atoms with E-state index in [0.717, 1.165) is 8.24 Å². The van der Waals surface area contributed by atoms with Gasteiger partial charge < -0.3 is 4.42 Å². The summed E-state index contributed by atoms with van der Waals surface area (Å²) in [5.41, 5.74) is 0.568. The number of hydrogen-bond donors (Lipinski definition) is 0. The molecule has 0 spiro atoms. The summed E-state index contributed by atoms with van der Waals surface area (Å²) in [7, 11) is 0. The molecule has 0 bridgehead atoms. The Morgan fingerprint density at radius 1 is 1.41 bits per heavy atom. The minimum atomic E-state index is -0.457. The van der Waals surface area contributed by atoms with Gasteiger partial charge >= 0.3 is 0 Å². The van der Waals surface area contributed by atoms with Gasteiger partial charge in [-0.15, -0.1) is 0 Å². The molecule has 0 fully saturated rings. The van der Waals surface area contributed by atoms with Gasteiger partial charge in [-0.1, -0.05) is 11.6 Å². The lowest BCUT2D eigenvalue weighted by atomic mass is 10.3. The van der Waals surface area contributed by atoms with Crippen molar-refractivity contribution in [3.63, 3.8) is 0 Å². The summed E-state index contributed by atoms with van der Waals surface area (Å²) in [6, 6.07) is 6.07. The van der Waals surface area contributed by atoms with Crippen molar-refractivity contribution in [2.24, 2.45) is 4.99 Å². The van der Waals surface area contributed by atoms with Crippen LogP contribution in [-0.2, 0) is 0 Å². The van der Waals surface area contributed by atoms with Gasteiger partial charge in [0.15, 0.2) is 3.77 Å². The molecule has 0 aliphatic carbocycles. The molecule has 2 nitrogen and oxygen atoms in total. The molecule has 17 heavy (non-hydrogen) atoms. The van der Waals surface area contributed by atoms with Crippen molar-refractivity contribution in [1.82, 2.24) is 0 Å². The topological polar surface area (TPSA) is 25.5 Å². The van der Waals surface area contributed by atoms with E-state index in [2.05, 4.69) is 43.5 Å². The van der Waals surface area contributed by atoms with Gasteiger partial charge in [-0.05, 0) is 34.1 Å². The number of hydrogen-bond acceptors (Lipinski definition) is 2. The predicted octanol–water partition coefficient (Wildman–Crippen LogP) is 5.19. The van der Waals surface area contributed by atoms with Gasteiger partial charge in [0.05, 0.1) is 21.4 Å².